The molecular weight excluding hydrogens is 344 g/mol. The van der Waals surface area contributed by atoms with Gasteiger partial charge in [0.15, 0.2) is 0 Å². The Morgan fingerprint density at radius 3 is 2.88 bits per heavy atom. The van der Waals surface area contributed by atoms with Crippen molar-refractivity contribution in [2.24, 2.45) is 0 Å². The topological polar surface area (TPSA) is 59.0 Å². The van der Waals surface area contributed by atoms with E-state index in [9.17, 15) is 4.79 Å². The maximum atomic E-state index is 13.1. The molecule has 7 heteroatoms. The van der Waals surface area contributed by atoms with Crippen molar-refractivity contribution >= 4 is 30.1 Å². The predicted octanol–water partition coefficient (Wildman–Crippen LogP) is 2.56. The Hall–Kier alpha value is -0.720. The second-order valence-electron chi connectivity index (χ2n) is 6.65. The van der Waals surface area contributed by atoms with Crippen LogP contribution in [-0.2, 0) is 10.3 Å². The van der Waals surface area contributed by atoms with Crippen LogP contribution in [-0.4, -0.2) is 45.8 Å². The summed E-state index contributed by atoms with van der Waals surface area (Å²) < 4.78 is 1.88. The van der Waals surface area contributed by atoms with Crippen LogP contribution in [0.4, 0.5) is 0 Å². The third-order valence-corrected chi connectivity index (χ3v) is 6.39. The number of aromatic nitrogens is 2. The Labute approximate surface area is 155 Å². The SMILES string of the molecule is CCSC1CCCC(NC(=O)C2(n3cccn3)CCNCC2)C1.Cl. The summed E-state index contributed by atoms with van der Waals surface area (Å²) in [6, 6.07) is 2.23. The summed E-state index contributed by atoms with van der Waals surface area (Å²) in [4.78, 5) is 13.1. The van der Waals surface area contributed by atoms with E-state index in [1.165, 1.54) is 12.8 Å². The van der Waals surface area contributed by atoms with Gasteiger partial charge in [0.1, 0.15) is 5.54 Å². The fraction of sp³-hybridized carbons (Fsp3) is 0.765. The van der Waals surface area contributed by atoms with Crippen LogP contribution in [0.15, 0.2) is 18.5 Å². The van der Waals surface area contributed by atoms with Gasteiger partial charge in [0.2, 0.25) is 5.91 Å². The summed E-state index contributed by atoms with van der Waals surface area (Å²) in [6.07, 6.45) is 10.0. The van der Waals surface area contributed by atoms with Gasteiger partial charge in [-0.15, -0.1) is 12.4 Å². The summed E-state index contributed by atoms with van der Waals surface area (Å²) in [5, 5.41) is 11.8. The van der Waals surface area contributed by atoms with Crippen LogP contribution < -0.4 is 10.6 Å². The molecule has 2 aliphatic rings. The van der Waals surface area contributed by atoms with Crippen LogP contribution in [0.5, 0.6) is 0 Å². The van der Waals surface area contributed by atoms with Crippen LogP contribution in [0, 0.1) is 0 Å². The summed E-state index contributed by atoms with van der Waals surface area (Å²) in [6.45, 7) is 3.95. The number of halogens is 1. The molecule has 1 aromatic rings. The Kier molecular flexibility index (Phi) is 7.44. The van der Waals surface area contributed by atoms with Crippen molar-refractivity contribution in [2.75, 3.05) is 18.8 Å². The van der Waals surface area contributed by atoms with Gasteiger partial charge in [0, 0.05) is 23.7 Å². The minimum absolute atomic E-state index is 0. The lowest BCUT2D eigenvalue weighted by Crippen LogP contribution is -2.57. The molecule has 2 atom stereocenters. The standard InChI is InChI=1S/C17H28N4OS.ClH/c1-2-23-15-6-3-5-14(13-15)20-16(22)17(7-10-18-11-8-17)21-12-4-9-19-21;/h4,9,12,14-15,18H,2-3,5-8,10-11,13H2,1H3,(H,20,22);1H. The Bertz CT molecular complexity index is 503. The first-order chi connectivity index (χ1) is 11.2. The highest BCUT2D eigenvalue weighted by Crippen LogP contribution is 2.31. The number of carbonyl (C=O) groups is 1. The van der Waals surface area contributed by atoms with Gasteiger partial charge in [0.25, 0.3) is 0 Å². The van der Waals surface area contributed by atoms with Crippen LogP contribution in [0.2, 0.25) is 0 Å². The lowest BCUT2D eigenvalue weighted by molar-refractivity contribution is -0.133. The van der Waals surface area contributed by atoms with E-state index < -0.39 is 5.54 Å². The number of rotatable bonds is 5. The lowest BCUT2D eigenvalue weighted by atomic mass is 9.86. The van der Waals surface area contributed by atoms with E-state index in [1.807, 2.05) is 28.7 Å². The van der Waals surface area contributed by atoms with Gasteiger partial charge in [0.05, 0.1) is 0 Å². The second kappa shape index (κ2) is 9.11. The molecule has 2 unspecified atom stereocenters. The number of thioether (sulfide) groups is 1. The predicted molar refractivity (Wildman–Crippen MR) is 102 cm³/mol. The van der Waals surface area contributed by atoms with Gasteiger partial charge in [-0.1, -0.05) is 13.3 Å². The normalized spacial score (nSPS) is 26.4. The van der Waals surface area contributed by atoms with Crippen molar-refractivity contribution in [2.45, 2.75) is 62.3 Å². The molecule has 5 nitrogen and oxygen atoms in total. The monoisotopic (exact) mass is 372 g/mol. The van der Waals surface area contributed by atoms with Gasteiger partial charge in [-0.2, -0.15) is 16.9 Å². The first-order valence-corrected chi connectivity index (χ1v) is 9.93. The van der Waals surface area contributed by atoms with Gasteiger partial charge in [-0.05, 0) is 57.0 Å². The highest BCUT2D eigenvalue weighted by molar-refractivity contribution is 7.99. The molecule has 1 saturated carbocycles. The molecule has 1 aliphatic carbocycles. The average molecular weight is 373 g/mol. The minimum atomic E-state index is -0.514. The smallest absolute Gasteiger partial charge is 0.248 e. The first-order valence-electron chi connectivity index (χ1n) is 8.88. The highest BCUT2D eigenvalue weighted by atomic mass is 35.5. The van der Waals surface area contributed by atoms with Crippen molar-refractivity contribution in [3.63, 3.8) is 0 Å². The van der Waals surface area contributed by atoms with Crippen molar-refractivity contribution < 1.29 is 4.79 Å². The largest absolute Gasteiger partial charge is 0.351 e. The Morgan fingerprint density at radius 2 is 2.21 bits per heavy atom. The minimum Gasteiger partial charge on any atom is -0.351 e. The number of hydrogen-bond donors (Lipinski definition) is 2. The molecule has 0 spiro atoms. The van der Waals surface area contributed by atoms with E-state index in [1.54, 1.807) is 6.20 Å². The van der Waals surface area contributed by atoms with E-state index in [-0.39, 0.29) is 18.3 Å². The number of nitrogens with one attached hydrogen (secondary N) is 2. The molecular formula is C17H29ClN4OS. The summed E-state index contributed by atoms with van der Waals surface area (Å²) >= 11 is 2.04. The molecule has 3 rings (SSSR count). The molecule has 1 saturated heterocycles. The zero-order chi connectivity index (χ0) is 16.1. The Balaban J connectivity index is 0.00000208. The van der Waals surface area contributed by atoms with E-state index >= 15 is 0 Å². The summed E-state index contributed by atoms with van der Waals surface area (Å²) in [5.74, 6) is 1.32. The van der Waals surface area contributed by atoms with Gasteiger partial charge in [-0.25, -0.2) is 0 Å². The molecule has 2 N–H and O–H groups in total. The zero-order valence-corrected chi connectivity index (χ0v) is 16.0. The van der Waals surface area contributed by atoms with E-state index in [0.29, 0.717) is 11.3 Å². The van der Waals surface area contributed by atoms with Crippen LogP contribution in [0.25, 0.3) is 0 Å². The van der Waals surface area contributed by atoms with Crippen LogP contribution in [0.1, 0.15) is 45.4 Å². The molecule has 1 amide bonds. The molecule has 2 fully saturated rings. The zero-order valence-electron chi connectivity index (χ0n) is 14.4. The molecule has 0 aromatic carbocycles. The maximum Gasteiger partial charge on any atom is 0.248 e. The molecule has 136 valence electrons. The fourth-order valence-corrected chi connectivity index (χ4v) is 5.08. The lowest BCUT2D eigenvalue weighted by Gasteiger charge is -2.38. The fourth-order valence-electron chi connectivity index (χ4n) is 3.91. The van der Waals surface area contributed by atoms with Crippen LogP contribution >= 0.6 is 24.2 Å². The number of carbonyl (C=O) groups excluding carboxylic acids is 1. The maximum absolute atomic E-state index is 13.1. The number of nitrogens with zero attached hydrogens (tertiary/aromatic N) is 2. The molecule has 1 aliphatic heterocycles. The van der Waals surface area contributed by atoms with Crippen molar-refractivity contribution in [3.05, 3.63) is 18.5 Å². The van der Waals surface area contributed by atoms with Crippen LogP contribution in [0.3, 0.4) is 0 Å². The van der Waals surface area contributed by atoms with Crippen molar-refractivity contribution in [3.8, 4) is 0 Å². The van der Waals surface area contributed by atoms with Crippen molar-refractivity contribution in [1.29, 1.82) is 0 Å². The quantitative estimate of drug-likeness (QED) is 0.834. The summed E-state index contributed by atoms with van der Waals surface area (Å²) in [7, 11) is 0. The molecule has 2 heterocycles. The molecule has 1 aromatic heterocycles. The highest BCUT2D eigenvalue weighted by Gasteiger charge is 2.42. The Morgan fingerprint density at radius 1 is 1.42 bits per heavy atom. The third-order valence-electron chi connectivity index (χ3n) is 5.16. The van der Waals surface area contributed by atoms with E-state index in [2.05, 4.69) is 22.7 Å². The van der Waals surface area contributed by atoms with Crippen molar-refractivity contribution in [1.82, 2.24) is 20.4 Å². The third kappa shape index (κ3) is 4.27. The van der Waals surface area contributed by atoms with Gasteiger partial charge >= 0.3 is 0 Å². The van der Waals surface area contributed by atoms with Gasteiger partial charge in [-0.3, -0.25) is 9.48 Å². The molecule has 0 radical (unpaired) electrons. The second-order valence-corrected chi connectivity index (χ2v) is 8.22. The van der Waals surface area contributed by atoms with E-state index in [4.69, 9.17) is 0 Å². The average Bonchev–Trinajstić information content (AvgIpc) is 3.11. The first kappa shape index (κ1) is 19.6. The number of hydrogen-bond acceptors (Lipinski definition) is 4. The number of amides is 1. The molecule has 0 bridgehead atoms. The number of piperidine rings is 1. The summed E-state index contributed by atoms with van der Waals surface area (Å²) in [5.41, 5.74) is -0.514. The van der Waals surface area contributed by atoms with E-state index in [0.717, 1.165) is 44.5 Å². The van der Waals surface area contributed by atoms with Gasteiger partial charge < -0.3 is 10.6 Å². The molecule has 24 heavy (non-hydrogen) atoms.